The zero-order chi connectivity index (χ0) is 13.2. The van der Waals surface area contributed by atoms with Gasteiger partial charge in [-0.05, 0) is 18.2 Å². The largest absolute Gasteiger partial charge is 0.334 e. The molecule has 7 nitrogen and oxygen atoms in total. The van der Waals surface area contributed by atoms with Gasteiger partial charge in [-0.2, -0.15) is 15.3 Å². The van der Waals surface area contributed by atoms with Gasteiger partial charge in [-0.25, -0.2) is 4.98 Å². The van der Waals surface area contributed by atoms with Gasteiger partial charge < -0.3 is 4.52 Å². The van der Waals surface area contributed by atoms with Crippen LogP contribution in [-0.4, -0.2) is 24.9 Å². The summed E-state index contributed by atoms with van der Waals surface area (Å²) in [6.07, 6.45) is 3.32. The van der Waals surface area contributed by atoms with E-state index in [9.17, 15) is 0 Å². The molecule has 0 amide bonds. The summed E-state index contributed by atoms with van der Waals surface area (Å²) in [5.41, 5.74) is 1.59. The van der Waals surface area contributed by atoms with Gasteiger partial charge in [0, 0.05) is 25.0 Å². The standard InChI is InChI=1S/C12H8N6O/c1-18-5-3-10(16-18)11-15-12(19-17-11)8-2-4-14-9(6-8)7-13/h2-6H,1H3. The quantitative estimate of drug-likeness (QED) is 0.684. The maximum atomic E-state index is 8.80. The molecular formula is C12H8N6O. The average Bonchev–Trinajstić information content (AvgIpc) is 3.07. The van der Waals surface area contributed by atoms with Crippen LogP contribution in [0.25, 0.3) is 23.0 Å². The Labute approximate surface area is 108 Å². The maximum absolute atomic E-state index is 8.80. The summed E-state index contributed by atoms with van der Waals surface area (Å²) in [6.45, 7) is 0. The summed E-state index contributed by atoms with van der Waals surface area (Å²) in [6, 6.07) is 7.05. The molecule has 0 aliphatic rings. The molecule has 0 saturated carbocycles. The second kappa shape index (κ2) is 4.34. The van der Waals surface area contributed by atoms with Crippen molar-refractivity contribution < 1.29 is 4.52 Å². The molecule has 0 fully saturated rings. The fourth-order valence-corrected chi connectivity index (χ4v) is 1.60. The lowest BCUT2D eigenvalue weighted by atomic mass is 10.2. The number of aromatic nitrogens is 5. The first-order chi connectivity index (χ1) is 9.26. The highest BCUT2D eigenvalue weighted by Crippen LogP contribution is 2.20. The van der Waals surface area contributed by atoms with Crippen molar-refractivity contribution in [3.8, 4) is 29.0 Å². The lowest BCUT2D eigenvalue weighted by Gasteiger charge is -1.92. The number of nitrogens with zero attached hydrogens (tertiary/aromatic N) is 6. The Bertz CT molecular complexity index is 766. The van der Waals surface area contributed by atoms with Crippen molar-refractivity contribution in [2.75, 3.05) is 0 Å². The molecule has 0 radical (unpaired) electrons. The summed E-state index contributed by atoms with van der Waals surface area (Å²) < 4.78 is 6.82. The van der Waals surface area contributed by atoms with E-state index >= 15 is 0 Å². The van der Waals surface area contributed by atoms with E-state index in [1.165, 1.54) is 6.20 Å². The third-order valence-corrected chi connectivity index (χ3v) is 2.49. The van der Waals surface area contributed by atoms with Gasteiger partial charge in [0.25, 0.3) is 5.89 Å². The molecule has 0 atom stereocenters. The zero-order valence-corrected chi connectivity index (χ0v) is 9.98. The maximum Gasteiger partial charge on any atom is 0.258 e. The van der Waals surface area contributed by atoms with Gasteiger partial charge in [0.05, 0.1) is 0 Å². The number of aryl methyl sites for hydroxylation is 1. The number of nitriles is 1. The molecule has 19 heavy (non-hydrogen) atoms. The lowest BCUT2D eigenvalue weighted by molar-refractivity contribution is 0.432. The van der Waals surface area contributed by atoms with E-state index in [1.807, 2.05) is 13.1 Å². The van der Waals surface area contributed by atoms with Crippen molar-refractivity contribution in [2.24, 2.45) is 7.05 Å². The van der Waals surface area contributed by atoms with Gasteiger partial charge in [-0.3, -0.25) is 4.68 Å². The highest BCUT2D eigenvalue weighted by molar-refractivity contribution is 5.57. The van der Waals surface area contributed by atoms with Crippen molar-refractivity contribution >= 4 is 0 Å². The molecule has 3 aromatic rings. The van der Waals surface area contributed by atoms with Crippen LogP contribution in [0, 0.1) is 11.3 Å². The second-order valence-corrected chi connectivity index (χ2v) is 3.84. The van der Waals surface area contributed by atoms with Gasteiger partial charge in [0.2, 0.25) is 5.82 Å². The van der Waals surface area contributed by atoms with Crippen LogP contribution >= 0.6 is 0 Å². The molecule has 0 unspecified atom stereocenters. The highest BCUT2D eigenvalue weighted by Gasteiger charge is 2.12. The monoisotopic (exact) mass is 252 g/mol. The molecule has 0 aliphatic carbocycles. The van der Waals surface area contributed by atoms with E-state index in [1.54, 1.807) is 29.1 Å². The fraction of sp³-hybridized carbons (Fsp3) is 0.0833. The molecule has 0 N–H and O–H groups in total. The van der Waals surface area contributed by atoms with Crippen LogP contribution < -0.4 is 0 Å². The van der Waals surface area contributed by atoms with Gasteiger partial charge >= 0.3 is 0 Å². The Kier molecular flexibility index (Phi) is 2.54. The van der Waals surface area contributed by atoms with Crippen LogP contribution in [0.1, 0.15) is 5.69 Å². The first kappa shape index (κ1) is 11.1. The van der Waals surface area contributed by atoms with E-state index in [2.05, 4.69) is 20.2 Å². The molecule has 3 aromatic heterocycles. The molecule has 3 heterocycles. The Morgan fingerprint density at radius 3 is 3.00 bits per heavy atom. The number of hydrogen-bond acceptors (Lipinski definition) is 6. The summed E-state index contributed by atoms with van der Waals surface area (Å²) in [7, 11) is 1.81. The number of hydrogen-bond donors (Lipinski definition) is 0. The minimum Gasteiger partial charge on any atom is -0.334 e. The van der Waals surface area contributed by atoms with Gasteiger partial charge in [0.1, 0.15) is 17.5 Å². The van der Waals surface area contributed by atoms with E-state index in [0.29, 0.717) is 28.7 Å². The van der Waals surface area contributed by atoms with Crippen LogP contribution in [0.3, 0.4) is 0 Å². The third kappa shape index (κ3) is 2.07. The van der Waals surface area contributed by atoms with Crippen molar-refractivity contribution in [1.82, 2.24) is 24.9 Å². The normalized spacial score (nSPS) is 10.3. The summed E-state index contributed by atoms with van der Waals surface area (Å²) in [4.78, 5) is 8.13. The van der Waals surface area contributed by atoms with Crippen LogP contribution in [0.2, 0.25) is 0 Å². The van der Waals surface area contributed by atoms with Crippen LogP contribution in [0.5, 0.6) is 0 Å². The smallest absolute Gasteiger partial charge is 0.258 e. The molecule has 0 aromatic carbocycles. The van der Waals surface area contributed by atoms with Crippen molar-refractivity contribution in [1.29, 1.82) is 5.26 Å². The lowest BCUT2D eigenvalue weighted by Crippen LogP contribution is -1.89. The SMILES string of the molecule is Cn1ccc(-c2noc(-c3ccnc(C#N)c3)n2)n1. The van der Waals surface area contributed by atoms with Crippen LogP contribution in [0.4, 0.5) is 0 Å². The summed E-state index contributed by atoms with van der Waals surface area (Å²) >= 11 is 0. The summed E-state index contributed by atoms with van der Waals surface area (Å²) in [5, 5.41) is 16.9. The van der Waals surface area contributed by atoms with Crippen molar-refractivity contribution in [3.63, 3.8) is 0 Å². The van der Waals surface area contributed by atoms with Crippen LogP contribution in [0.15, 0.2) is 35.1 Å². The van der Waals surface area contributed by atoms with E-state index in [4.69, 9.17) is 9.78 Å². The minimum absolute atomic E-state index is 0.301. The number of rotatable bonds is 2. The molecule has 0 spiro atoms. The van der Waals surface area contributed by atoms with E-state index in [0.717, 1.165) is 0 Å². The predicted octanol–water partition coefficient (Wildman–Crippen LogP) is 1.40. The molecule has 0 saturated heterocycles. The Morgan fingerprint density at radius 1 is 1.37 bits per heavy atom. The molecule has 0 aliphatic heterocycles. The first-order valence-electron chi connectivity index (χ1n) is 5.46. The topological polar surface area (TPSA) is 93.4 Å². The first-order valence-corrected chi connectivity index (χ1v) is 5.46. The zero-order valence-electron chi connectivity index (χ0n) is 9.98. The van der Waals surface area contributed by atoms with Gasteiger partial charge in [-0.15, -0.1) is 0 Å². The van der Waals surface area contributed by atoms with Crippen molar-refractivity contribution in [2.45, 2.75) is 0 Å². The fourth-order valence-electron chi connectivity index (χ4n) is 1.60. The van der Waals surface area contributed by atoms with Crippen molar-refractivity contribution in [3.05, 3.63) is 36.3 Å². The second-order valence-electron chi connectivity index (χ2n) is 3.84. The van der Waals surface area contributed by atoms with Gasteiger partial charge in [0.15, 0.2) is 0 Å². The molecular weight excluding hydrogens is 244 g/mol. The highest BCUT2D eigenvalue weighted by atomic mass is 16.5. The molecule has 7 heteroatoms. The molecule has 3 rings (SSSR count). The van der Waals surface area contributed by atoms with Crippen LogP contribution in [-0.2, 0) is 7.05 Å². The molecule has 92 valence electrons. The Morgan fingerprint density at radius 2 is 2.26 bits per heavy atom. The average molecular weight is 252 g/mol. The Hall–Kier alpha value is -3.01. The third-order valence-electron chi connectivity index (χ3n) is 2.49. The van der Waals surface area contributed by atoms with E-state index in [-0.39, 0.29) is 0 Å². The summed E-state index contributed by atoms with van der Waals surface area (Å²) in [5.74, 6) is 0.741. The minimum atomic E-state index is 0.301. The molecule has 0 bridgehead atoms. The van der Waals surface area contributed by atoms with Gasteiger partial charge in [-0.1, -0.05) is 5.16 Å². The predicted molar refractivity (Wildman–Crippen MR) is 64.4 cm³/mol. The van der Waals surface area contributed by atoms with E-state index < -0.39 is 0 Å². The number of pyridine rings is 1. The Balaban J connectivity index is 1.99.